The lowest BCUT2D eigenvalue weighted by atomic mass is 10.0. The number of hydroxylamine groups is 1. The third-order valence-corrected chi connectivity index (χ3v) is 4.46. The van der Waals surface area contributed by atoms with E-state index in [0.717, 1.165) is 32.6 Å². The van der Waals surface area contributed by atoms with Crippen molar-refractivity contribution in [3.8, 4) is 11.1 Å². The Bertz CT molecular complexity index is 813. The molecule has 140 valence electrons. The molecule has 4 nitrogen and oxygen atoms in total. The number of nitrogens with zero attached hydrogens (tertiary/aromatic N) is 1. The summed E-state index contributed by atoms with van der Waals surface area (Å²) in [5.74, 6) is -0.0180. The molecule has 0 unspecified atom stereocenters. The molecular formula is C22H29NO3. The van der Waals surface area contributed by atoms with Gasteiger partial charge in [-0.3, -0.25) is 0 Å². The Balaban J connectivity index is 2.79. The van der Waals surface area contributed by atoms with Crippen LogP contribution in [0.1, 0.15) is 74.5 Å². The van der Waals surface area contributed by atoms with Crippen molar-refractivity contribution < 1.29 is 14.3 Å². The standard InChI is InChI=1S/C22H29NO3/c1-8-26-21(24)19-12-17(13-23(25)22(5,6)7)18-11-16(14(2)3)10-9-15(4)20(18)19/h9-14H,8H2,1-7H3/b23-13+. The Morgan fingerprint density at radius 2 is 1.92 bits per heavy atom. The second kappa shape index (κ2) is 7.48. The molecule has 0 N–H and O–H groups in total. The van der Waals surface area contributed by atoms with Crippen molar-refractivity contribution in [1.29, 1.82) is 0 Å². The van der Waals surface area contributed by atoms with Gasteiger partial charge in [-0.25, -0.2) is 9.53 Å². The maximum absolute atomic E-state index is 12.5. The lowest BCUT2D eigenvalue weighted by Crippen LogP contribution is -2.29. The zero-order chi connectivity index (χ0) is 19.6. The molecule has 0 aliphatic heterocycles. The fraction of sp³-hybridized carbons (Fsp3) is 0.455. The summed E-state index contributed by atoms with van der Waals surface area (Å²) in [6, 6.07) is 7.97. The van der Waals surface area contributed by atoms with E-state index >= 15 is 0 Å². The summed E-state index contributed by atoms with van der Waals surface area (Å²) >= 11 is 0. The SMILES string of the molecule is CCOC(=O)c1cc(/C=[N+](/[O-])C(C)(C)C)c2cc(C(C)C)ccc(C)c1-2. The van der Waals surface area contributed by atoms with E-state index in [1.54, 1.807) is 19.2 Å². The van der Waals surface area contributed by atoms with Gasteiger partial charge in [-0.2, -0.15) is 0 Å². The quantitative estimate of drug-likeness (QED) is 0.251. The fourth-order valence-corrected chi connectivity index (χ4v) is 2.85. The minimum absolute atomic E-state index is 0.315. The van der Waals surface area contributed by atoms with Crippen LogP contribution < -0.4 is 0 Å². The summed E-state index contributed by atoms with van der Waals surface area (Å²) in [5.41, 5.74) is 4.61. The van der Waals surface area contributed by atoms with Crippen LogP contribution in [0.5, 0.6) is 0 Å². The number of fused-ring (bicyclic) bond motifs is 1. The first-order valence-corrected chi connectivity index (χ1v) is 9.12. The Hall–Kier alpha value is -2.36. The van der Waals surface area contributed by atoms with Gasteiger partial charge in [-0.05, 0) is 48.1 Å². The Morgan fingerprint density at radius 1 is 1.27 bits per heavy atom. The highest BCUT2D eigenvalue weighted by Crippen LogP contribution is 2.36. The molecule has 0 atom stereocenters. The number of aryl methyl sites for hydroxylation is 1. The van der Waals surface area contributed by atoms with Crippen LogP contribution in [0, 0.1) is 12.1 Å². The molecule has 0 aromatic carbocycles. The summed E-state index contributed by atoms with van der Waals surface area (Å²) in [5, 5.41) is 12.5. The van der Waals surface area contributed by atoms with Crippen LogP contribution in [0.4, 0.5) is 0 Å². The predicted molar refractivity (Wildman–Crippen MR) is 106 cm³/mol. The van der Waals surface area contributed by atoms with E-state index in [2.05, 4.69) is 26.0 Å². The Morgan fingerprint density at radius 3 is 2.46 bits per heavy atom. The molecule has 0 bridgehead atoms. The molecule has 26 heavy (non-hydrogen) atoms. The van der Waals surface area contributed by atoms with E-state index in [4.69, 9.17) is 4.74 Å². The monoisotopic (exact) mass is 355 g/mol. The summed E-state index contributed by atoms with van der Waals surface area (Å²) in [7, 11) is 0. The van der Waals surface area contributed by atoms with Crippen LogP contribution >= 0.6 is 0 Å². The lowest BCUT2D eigenvalue weighted by Gasteiger charge is -2.18. The molecule has 0 radical (unpaired) electrons. The van der Waals surface area contributed by atoms with Crippen molar-refractivity contribution in [3.05, 3.63) is 51.7 Å². The molecule has 2 aliphatic rings. The number of esters is 1. The average molecular weight is 355 g/mol. The van der Waals surface area contributed by atoms with Gasteiger partial charge in [0, 0.05) is 26.3 Å². The lowest BCUT2D eigenvalue weighted by molar-refractivity contribution is -0.530. The van der Waals surface area contributed by atoms with E-state index in [1.165, 1.54) is 0 Å². The second-order valence-corrected chi connectivity index (χ2v) is 7.96. The van der Waals surface area contributed by atoms with E-state index in [0.29, 0.717) is 18.1 Å². The topological polar surface area (TPSA) is 52.4 Å². The van der Waals surface area contributed by atoms with Crippen molar-refractivity contribution >= 4 is 12.2 Å². The molecule has 0 saturated heterocycles. The van der Waals surface area contributed by atoms with Gasteiger partial charge in [-0.15, -0.1) is 0 Å². The van der Waals surface area contributed by atoms with Crippen molar-refractivity contribution in [2.45, 2.75) is 59.9 Å². The summed E-state index contributed by atoms with van der Waals surface area (Å²) in [4.78, 5) is 12.5. The van der Waals surface area contributed by atoms with Gasteiger partial charge in [0.15, 0.2) is 11.8 Å². The zero-order valence-electron chi connectivity index (χ0n) is 16.8. The zero-order valence-corrected chi connectivity index (χ0v) is 16.8. The molecule has 2 aliphatic carbocycles. The third kappa shape index (κ3) is 4.06. The van der Waals surface area contributed by atoms with Gasteiger partial charge in [-0.1, -0.05) is 32.0 Å². The molecule has 0 aromatic rings. The molecule has 4 heteroatoms. The summed E-state index contributed by atoms with van der Waals surface area (Å²) in [6.45, 7) is 13.9. The van der Waals surface area contributed by atoms with Gasteiger partial charge in [0.25, 0.3) is 0 Å². The molecule has 2 rings (SSSR count). The van der Waals surface area contributed by atoms with Crippen molar-refractivity contribution in [3.63, 3.8) is 0 Å². The molecule has 0 fully saturated rings. The van der Waals surface area contributed by atoms with Gasteiger partial charge in [0.2, 0.25) is 0 Å². The minimum Gasteiger partial charge on any atom is -0.623 e. The van der Waals surface area contributed by atoms with Gasteiger partial charge in [0.05, 0.1) is 12.2 Å². The second-order valence-electron chi connectivity index (χ2n) is 7.96. The van der Waals surface area contributed by atoms with Crippen molar-refractivity contribution in [2.75, 3.05) is 6.61 Å². The fourth-order valence-electron chi connectivity index (χ4n) is 2.85. The maximum atomic E-state index is 12.5. The number of hydrogen-bond donors (Lipinski definition) is 0. The number of carbonyl (C=O) groups excluding carboxylic acids is 1. The van der Waals surface area contributed by atoms with E-state index in [-0.39, 0.29) is 5.97 Å². The Kier molecular flexibility index (Phi) is 5.74. The summed E-state index contributed by atoms with van der Waals surface area (Å²) in [6.07, 6.45) is 1.58. The summed E-state index contributed by atoms with van der Waals surface area (Å²) < 4.78 is 6.18. The van der Waals surface area contributed by atoms with Gasteiger partial charge in [0.1, 0.15) is 0 Å². The van der Waals surface area contributed by atoms with Crippen LogP contribution in [-0.4, -0.2) is 29.1 Å². The molecule has 0 amide bonds. The first-order chi connectivity index (χ1) is 12.1. The molecular weight excluding hydrogens is 326 g/mol. The highest BCUT2D eigenvalue weighted by atomic mass is 16.5. The van der Waals surface area contributed by atoms with Crippen LogP contribution in [-0.2, 0) is 4.74 Å². The average Bonchev–Trinajstić information content (AvgIpc) is 2.78. The molecule has 0 spiro atoms. The van der Waals surface area contributed by atoms with Crippen LogP contribution in [0.15, 0.2) is 24.3 Å². The minimum atomic E-state index is -0.555. The molecule has 0 saturated carbocycles. The number of carbonyl (C=O) groups is 1. The van der Waals surface area contributed by atoms with Crippen molar-refractivity contribution in [2.24, 2.45) is 0 Å². The molecule has 0 aromatic heterocycles. The van der Waals surface area contributed by atoms with Crippen LogP contribution in [0.2, 0.25) is 0 Å². The highest BCUT2D eigenvalue weighted by molar-refractivity contribution is 6.05. The Labute approximate surface area is 156 Å². The van der Waals surface area contributed by atoms with Gasteiger partial charge >= 0.3 is 5.97 Å². The number of ether oxygens (including phenoxy) is 1. The maximum Gasteiger partial charge on any atom is 0.338 e. The number of hydrogen-bond acceptors (Lipinski definition) is 3. The first kappa shape index (κ1) is 20.0. The van der Waals surface area contributed by atoms with E-state index in [9.17, 15) is 10.0 Å². The van der Waals surface area contributed by atoms with Gasteiger partial charge < -0.3 is 9.94 Å². The predicted octanol–water partition coefficient (Wildman–Crippen LogP) is 5.13. The van der Waals surface area contributed by atoms with Crippen molar-refractivity contribution in [1.82, 2.24) is 0 Å². The highest BCUT2D eigenvalue weighted by Gasteiger charge is 2.26. The van der Waals surface area contributed by atoms with Crippen LogP contribution in [0.3, 0.4) is 0 Å². The van der Waals surface area contributed by atoms with Crippen LogP contribution in [0.25, 0.3) is 11.1 Å². The largest absolute Gasteiger partial charge is 0.623 e. The van der Waals surface area contributed by atoms with E-state index < -0.39 is 5.54 Å². The smallest absolute Gasteiger partial charge is 0.338 e. The van der Waals surface area contributed by atoms with E-state index in [1.807, 2.05) is 33.8 Å². The number of rotatable bonds is 4. The first-order valence-electron chi connectivity index (χ1n) is 9.12. The third-order valence-electron chi connectivity index (χ3n) is 4.46. The molecule has 0 heterocycles. The normalized spacial score (nSPS) is 12.7.